The Labute approximate surface area is 137 Å². The first-order valence-corrected chi connectivity index (χ1v) is 9.43. The molecule has 23 heavy (non-hydrogen) atoms. The van der Waals surface area contributed by atoms with Gasteiger partial charge in [0.2, 0.25) is 5.91 Å². The largest absolute Gasteiger partial charge is 0.461 e. The van der Waals surface area contributed by atoms with E-state index in [4.69, 9.17) is 4.42 Å². The highest BCUT2D eigenvalue weighted by atomic mass is 32.2. The molecule has 0 fully saturated rings. The summed E-state index contributed by atoms with van der Waals surface area (Å²) in [6.07, 6.45) is 1.80. The lowest BCUT2D eigenvalue weighted by atomic mass is 10.1. The van der Waals surface area contributed by atoms with Gasteiger partial charge < -0.3 is 9.32 Å². The van der Waals surface area contributed by atoms with E-state index in [1.807, 2.05) is 31.2 Å². The molecule has 0 bridgehead atoms. The van der Waals surface area contributed by atoms with Gasteiger partial charge in [0.1, 0.15) is 16.1 Å². The molecule has 0 saturated carbocycles. The number of sulfone groups is 1. The third kappa shape index (κ3) is 3.13. The van der Waals surface area contributed by atoms with Gasteiger partial charge in [-0.3, -0.25) is 4.79 Å². The van der Waals surface area contributed by atoms with Gasteiger partial charge in [0, 0.05) is 37.2 Å². The Balaban J connectivity index is 2.38. The van der Waals surface area contributed by atoms with Gasteiger partial charge in [0.15, 0.2) is 9.84 Å². The zero-order valence-electron chi connectivity index (χ0n) is 14.2. The summed E-state index contributed by atoms with van der Waals surface area (Å²) in [4.78, 5) is 14.0. The van der Waals surface area contributed by atoms with Crippen LogP contribution in [0.1, 0.15) is 32.1 Å². The second-order valence-corrected chi connectivity index (χ2v) is 8.86. The number of hydrogen-bond donors (Lipinski definition) is 0. The van der Waals surface area contributed by atoms with E-state index in [1.54, 1.807) is 7.05 Å². The van der Waals surface area contributed by atoms with Crippen molar-refractivity contribution in [3.05, 3.63) is 35.6 Å². The number of carbonyl (C=O) groups excluding carboxylic acids is 1. The first-order chi connectivity index (χ1) is 10.6. The van der Waals surface area contributed by atoms with Crippen LogP contribution < -0.4 is 0 Å². The van der Waals surface area contributed by atoms with Crippen LogP contribution in [-0.2, 0) is 27.6 Å². The molecule has 126 valence electrons. The molecule has 6 heteroatoms. The molecule has 0 spiro atoms. The Bertz CT molecular complexity index is 833. The number of fused-ring (bicyclic) bond motifs is 1. The van der Waals surface area contributed by atoms with E-state index in [0.29, 0.717) is 13.0 Å². The van der Waals surface area contributed by atoms with Crippen LogP contribution in [0.5, 0.6) is 0 Å². The van der Waals surface area contributed by atoms with E-state index in [9.17, 15) is 13.2 Å². The molecule has 0 aliphatic heterocycles. The number of carbonyl (C=O) groups is 1. The van der Waals surface area contributed by atoms with E-state index < -0.39 is 20.5 Å². The van der Waals surface area contributed by atoms with Crippen LogP contribution in [0.2, 0.25) is 0 Å². The average molecular weight is 337 g/mol. The highest BCUT2D eigenvalue weighted by molar-refractivity contribution is 7.92. The molecule has 1 heterocycles. The second-order valence-electron chi connectivity index (χ2n) is 6.30. The van der Waals surface area contributed by atoms with Crippen LogP contribution in [0.3, 0.4) is 0 Å². The summed E-state index contributed by atoms with van der Waals surface area (Å²) >= 11 is 0. The highest BCUT2D eigenvalue weighted by Gasteiger charge is 2.40. The molecule has 0 atom stereocenters. The second kappa shape index (κ2) is 6.00. The van der Waals surface area contributed by atoms with Crippen molar-refractivity contribution in [1.29, 1.82) is 0 Å². The van der Waals surface area contributed by atoms with E-state index >= 15 is 0 Å². The first-order valence-electron chi connectivity index (χ1n) is 7.54. The molecule has 1 aromatic heterocycles. The van der Waals surface area contributed by atoms with Gasteiger partial charge in [0.25, 0.3) is 0 Å². The number of aryl methyl sites for hydroxylation is 1. The van der Waals surface area contributed by atoms with Gasteiger partial charge in [-0.05, 0) is 19.9 Å². The lowest BCUT2D eigenvalue weighted by molar-refractivity contribution is -0.132. The lowest BCUT2D eigenvalue weighted by Crippen LogP contribution is -2.48. The molecule has 0 N–H and O–H groups in total. The molecule has 1 amide bonds. The van der Waals surface area contributed by atoms with Crippen molar-refractivity contribution in [3.8, 4) is 0 Å². The summed E-state index contributed by atoms with van der Waals surface area (Å²) in [5.74, 6) is 0.398. The molecule has 2 aromatic rings. The molecule has 0 unspecified atom stereocenters. The van der Waals surface area contributed by atoms with Gasteiger partial charge in [-0.1, -0.05) is 25.1 Å². The zero-order chi connectivity index (χ0) is 17.4. The maximum atomic E-state index is 12.6. The Morgan fingerprint density at radius 2 is 1.87 bits per heavy atom. The molecular weight excluding hydrogens is 314 g/mol. The molecule has 5 nitrogen and oxygen atoms in total. The summed E-state index contributed by atoms with van der Waals surface area (Å²) in [5, 5.41) is 0.959. The SMILES string of the molecule is CCc1oc2ccccc2c1CN(C)C(=O)C(C)(C)S(C)(=O)=O. The number of nitrogens with zero attached hydrogens (tertiary/aromatic N) is 1. The standard InChI is InChI=1S/C17H23NO4S/c1-6-14-13(12-9-7-8-10-15(12)22-14)11-18(4)16(19)17(2,3)23(5,20)21/h7-10H,6,11H2,1-5H3. The predicted molar refractivity (Wildman–Crippen MR) is 91.0 cm³/mol. The smallest absolute Gasteiger partial charge is 0.243 e. The minimum absolute atomic E-state index is 0.317. The maximum Gasteiger partial charge on any atom is 0.243 e. The number of rotatable bonds is 5. The third-order valence-corrected chi connectivity index (χ3v) is 6.32. The Kier molecular flexibility index (Phi) is 4.57. The van der Waals surface area contributed by atoms with E-state index in [0.717, 1.165) is 28.5 Å². The van der Waals surface area contributed by atoms with E-state index in [2.05, 4.69) is 0 Å². The Morgan fingerprint density at radius 3 is 2.43 bits per heavy atom. The first kappa shape index (κ1) is 17.5. The van der Waals surface area contributed by atoms with Gasteiger partial charge in [-0.2, -0.15) is 0 Å². The number of furan rings is 1. The van der Waals surface area contributed by atoms with Crippen molar-refractivity contribution in [2.24, 2.45) is 0 Å². The quantitative estimate of drug-likeness (QED) is 0.841. The third-order valence-electron chi connectivity index (χ3n) is 4.29. The summed E-state index contributed by atoms with van der Waals surface area (Å²) in [6.45, 7) is 5.19. The molecule has 0 aliphatic rings. The minimum atomic E-state index is -3.50. The topological polar surface area (TPSA) is 67.6 Å². The summed E-state index contributed by atoms with van der Waals surface area (Å²) in [5.41, 5.74) is 1.71. The van der Waals surface area contributed by atoms with Crippen LogP contribution >= 0.6 is 0 Å². The van der Waals surface area contributed by atoms with Crippen molar-refractivity contribution >= 4 is 26.7 Å². The fourth-order valence-corrected chi connectivity index (χ4v) is 3.01. The molecule has 0 aliphatic carbocycles. The molecule has 0 saturated heterocycles. The Hall–Kier alpha value is -1.82. The van der Waals surface area contributed by atoms with Crippen LogP contribution in [-0.4, -0.2) is 37.3 Å². The lowest BCUT2D eigenvalue weighted by Gasteiger charge is -2.27. The van der Waals surface area contributed by atoms with Crippen LogP contribution in [0.4, 0.5) is 0 Å². The van der Waals surface area contributed by atoms with Crippen LogP contribution in [0, 0.1) is 0 Å². The number of amides is 1. The molecule has 1 aromatic carbocycles. The van der Waals surface area contributed by atoms with E-state index in [1.165, 1.54) is 18.7 Å². The van der Waals surface area contributed by atoms with Crippen molar-refractivity contribution in [2.75, 3.05) is 13.3 Å². The normalized spacial score (nSPS) is 12.6. The van der Waals surface area contributed by atoms with Gasteiger partial charge in [-0.15, -0.1) is 0 Å². The minimum Gasteiger partial charge on any atom is -0.461 e. The average Bonchev–Trinajstić information content (AvgIpc) is 2.83. The summed E-state index contributed by atoms with van der Waals surface area (Å²) < 4.78 is 28.1. The number of para-hydroxylation sites is 1. The fourth-order valence-electron chi connectivity index (χ4n) is 2.54. The predicted octanol–water partition coefficient (Wildman–Crippen LogP) is 2.78. The maximum absolute atomic E-state index is 12.6. The Morgan fingerprint density at radius 1 is 1.26 bits per heavy atom. The summed E-state index contributed by atoms with van der Waals surface area (Å²) in [7, 11) is -1.88. The summed E-state index contributed by atoms with van der Waals surface area (Å²) in [6, 6.07) is 7.66. The van der Waals surface area contributed by atoms with Crippen LogP contribution in [0.25, 0.3) is 11.0 Å². The molecular formula is C17H23NO4S. The highest BCUT2D eigenvalue weighted by Crippen LogP contribution is 2.28. The molecule has 2 rings (SSSR count). The van der Waals surface area contributed by atoms with Gasteiger partial charge in [-0.25, -0.2) is 8.42 Å². The zero-order valence-corrected chi connectivity index (χ0v) is 15.0. The van der Waals surface area contributed by atoms with Gasteiger partial charge >= 0.3 is 0 Å². The van der Waals surface area contributed by atoms with E-state index in [-0.39, 0.29) is 0 Å². The van der Waals surface area contributed by atoms with Crippen LogP contribution in [0.15, 0.2) is 28.7 Å². The van der Waals surface area contributed by atoms with Crippen molar-refractivity contribution < 1.29 is 17.6 Å². The van der Waals surface area contributed by atoms with Crippen molar-refractivity contribution in [2.45, 2.75) is 38.5 Å². The van der Waals surface area contributed by atoms with Crippen molar-refractivity contribution in [3.63, 3.8) is 0 Å². The number of benzene rings is 1. The number of hydrogen-bond acceptors (Lipinski definition) is 4. The van der Waals surface area contributed by atoms with Crippen molar-refractivity contribution in [1.82, 2.24) is 4.90 Å². The van der Waals surface area contributed by atoms with Gasteiger partial charge in [0.05, 0.1) is 0 Å². The molecule has 0 radical (unpaired) electrons. The fraction of sp³-hybridized carbons (Fsp3) is 0.471. The monoisotopic (exact) mass is 337 g/mol.